The first-order chi connectivity index (χ1) is 14.1. The number of fused-ring (bicyclic) bond motifs is 1. The van der Waals surface area contributed by atoms with E-state index in [-0.39, 0.29) is 29.0 Å². The van der Waals surface area contributed by atoms with Crippen LogP contribution in [0.4, 0.5) is 5.82 Å². The summed E-state index contributed by atoms with van der Waals surface area (Å²) in [6.07, 6.45) is 2.21. The van der Waals surface area contributed by atoms with Gasteiger partial charge in [-0.15, -0.1) is 5.10 Å². The average molecular weight is 386 g/mol. The molecule has 1 aromatic carbocycles. The first-order valence-electron chi connectivity index (χ1n) is 9.60. The highest BCUT2D eigenvalue weighted by atomic mass is 16.2. The molecule has 2 amide bonds. The van der Waals surface area contributed by atoms with Gasteiger partial charge in [-0.2, -0.15) is 0 Å². The fraction of sp³-hybridized carbons (Fsp3) is 0.286. The maximum absolute atomic E-state index is 13.0. The maximum Gasteiger partial charge on any atom is 0.291 e. The second kappa shape index (κ2) is 5.28. The van der Waals surface area contributed by atoms with E-state index in [4.69, 9.17) is 0 Å². The van der Waals surface area contributed by atoms with Crippen molar-refractivity contribution in [2.75, 3.05) is 5.32 Å². The topological polar surface area (TPSA) is 113 Å². The van der Waals surface area contributed by atoms with Crippen molar-refractivity contribution in [2.24, 2.45) is 11.3 Å². The number of rotatable bonds is 4. The van der Waals surface area contributed by atoms with Gasteiger partial charge in [0.2, 0.25) is 5.82 Å². The fourth-order valence-corrected chi connectivity index (χ4v) is 5.23. The molecule has 8 nitrogen and oxygen atoms in total. The van der Waals surface area contributed by atoms with Crippen LogP contribution in [0.3, 0.4) is 0 Å². The lowest BCUT2D eigenvalue weighted by Crippen LogP contribution is -2.53. The molecule has 7 rings (SSSR count). The summed E-state index contributed by atoms with van der Waals surface area (Å²) < 4.78 is 0. The average Bonchev–Trinajstić information content (AvgIpc) is 3.43. The van der Waals surface area contributed by atoms with Crippen molar-refractivity contribution in [3.8, 4) is 0 Å². The predicted molar refractivity (Wildman–Crippen MR) is 103 cm³/mol. The molecule has 0 radical (unpaired) electrons. The molecule has 0 unspecified atom stereocenters. The number of hydrogen-bond donors (Lipinski definition) is 3. The van der Waals surface area contributed by atoms with Crippen LogP contribution in [-0.2, 0) is 11.2 Å². The van der Waals surface area contributed by atoms with E-state index in [1.807, 2.05) is 49.4 Å². The molecule has 2 aromatic heterocycles. The molecule has 29 heavy (non-hydrogen) atoms. The van der Waals surface area contributed by atoms with Crippen molar-refractivity contribution in [3.63, 3.8) is 0 Å². The third kappa shape index (κ3) is 2.00. The molecule has 8 heteroatoms. The van der Waals surface area contributed by atoms with Gasteiger partial charge in [-0.3, -0.25) is 14.7 Å². The van der Waals surface area contributed by atoms with Crippen LogP contribution in [0, 0.1) is 11.3 Å². The molecule has 0 spiro atoms. The minimum Gasteiger partial charge on any atom is -0.334 e. The SMILES string of the molecule is C[C@]12[C@H]3[C@@H]1c1cccnc1NC(=O)[C@]32NC(=O)c1n[nH]c(Cc2ccccc2)n1. The van der Waals surface area contributed by atoms with Crippen molar-refractivity contribution in [1.82, 2.24) is 25.5 Å². The van der Waals surface area contributed by atoms with E-state index in [9.17, 15) is 9.59 Å². The largest absolute Gasteiger partial charge is 0.334 e. The van der Waals surface area contributed by atoms with Gasteiger partial charge in [0.15, 0.2) is 0 Å². The number of anilines is 1. The summed E-state index contributed by atoms with van der Waals surface area (Å²) in [5.74, 6) is 0.885. The number of nitrogens with one attached hydrogen (secondary N) is 3. The minimum absolute atomic E-state index is 0.0458. The van der Waals surface area contributed by atoms with Gasteiger partial charge < -0.3 is 10.6 Å². The van der Waals surface area contributed by atoms with Gasteiger partial charge in [-0.05, 0) is 17.2 Å². The Hall–Kier alpha value is -3.55. The second-order valence-electron chi connectivity index (χ2n) is 8.16. The summed E-state index contributed by atoms with van der Waals surface area (Å²) in [7, 11) is 0. The van der Waals surface area contributed by atoms with Crippen LogP contribution >= 0.6 is 0 Å². The standard InChI is InChI=1S/C21H18N6O2/c1-20-14-12-8-5-9-22-16(12)24-19(29)21(20,15(14)20)25-18(28)17-23-13(26-27-17)10-11-6-3-2-4-7-11/h2-9,14-15H,10H2,1H3,(H,25,28)(H,22,24,29)(H,23,26,27)/t14-,15+,20+,21+/m0/s1. The molecule has 4 atom stereocenters. The van der Waals surface area contributed by atoms with Crippen LogP contribution in [0.5, 0.6) is 0 Å². The van der Waals surface area contributed by atoms with Crippen LogP contribution in [0.2, 0.25) is 0 Å². The van der Waals surface area contributed by atoms with E-state index in [2.05, 4.69) is 30.8 Å². The number of H-pyrrole nitrogens is 1. The Morgan fingerprint density at radius 3 is 2.79 bits per heavy atom. The summed E-state index contributed by atoms with van der Waals surface area (Å²) in [6, 6.07) is 13.7. The van der Waals surface area contributed by atoms with E-state index < -0.39 is 11.4 Å². The monoisotopic (exact) mass is 386 g/mol. The van der Waals surface area contributed by atoms with Crippen molar-refractivity contribution in [2.45, 2.75) is 24.8 Å². The van der Waals surface area contributed by atoms with Crippen LogP contribution in [0.15, 0.2) is 48.7 Å². The summed E-state index contributed by atoms with van der Waals surface area (Å²) >= 11 is 0. The number of nitrogens with zero attached hydrogens (tertiary/aromatic N) is 3. The van der Waals surface area contributed by atoms with E-state index in [0.29, 0.717) is 18.1 Å². The summed E-state index contributed by atoms with van der Waals surface area (Å²) in [5, 5.41) is 12.7. The Balaban J connectivity index is 1.23. The number of carbonyl (C=O) groups excluding carboxylic acids is 2. The Labute approximate surface area is 166 Å². The lowest BCUT2D eigenvalue weighted by atomic mass is 9.87. The number of amides is 2. The quantitative estimate of drug-likeness (QED) is 0.631. The second-order valence-corrected chi connectivity index (χ2v) is 8.16. The number of carbonyl (C=O) groups is 2. The molecular weight excluding hydrogens is 368 g/mol. The molecule has 2 aliphatic carbocycles. The number of hydrogen-bond acceptors (Lipinski definition) is 5. The fourth-order valence-electron chi connectivity index (χ4n) is 5.23. The van der Waals surface area contributed by atoms with E-state index >= 15 is 0 Å². The zero-order chi connectivity index (χ0) is 19.8. The Kier molecular flexibility index (Phi) is 2.99. The molecule has 0 saturated heterocycles. The van der Waals surface area contributed by atoms with E-state index in [1.165, 1.54) is 0 Å². The van der Waals surface area contributed by atoms with Crippen molar-refractivity contribution >= 4 is 17.6 Å². The van der Waals surface area contributed by atoms with Gasteiger partial charge in [-0.1, -0.05) is 43.3 Å². The normalized spacial score (nSPS) is 30.4. The molecule has 2 bridgehead atoms. The highest BCUT2D eigenvalue weighted by Gasteiger charge is 2.97. The molecule has 4 aliphatic rings. The van der Waals surface area contributed by atoms with Gasteiger partial charge in [-0.25, -0.2) is 9.97 Å². The minimum atomic E-state index is -0.921. The van der Waals surface area contributed by atoms with Gasteiger partial charge >= 0.3 is 0 Å². The molecule has 3 N–H and O–H groups in total. The summed E-state index contributed by atoms with van der Waals surface area (Å²) in [4.78, 5) is 34.4. The lowest BCUT2D eigenvalue weighted by Gasteiger charge is -2.26. The Bertz CT molecular complexity index is 1170. The Morgan fingerprint density at radius 1 is 1.21 bits per heavy atom. The van der Waals surface area contributed by atoms with Gasteiger partial charge in [0.05, 0.1) is 0 Å². The first kappa shape index (κ1) is 16.4. The van der Waals surface area contributed by atoms with Crippen molar-refractivity contribution < 1.29 is 9.59 Å². The van der Waals surface area contributed by atoms with Gasteiger partial charge in [0.25, 0.3) is 11.8 Å². The molecule has 2 fully saturated rings. The number of pyridine rings is 1. The Morgan fingerprint density at radius 2 is 2.00 bits per heavy atom. The molecule has 2 aliphatic heterocycles. The highest BCUT2D eigenvalue weighted by molar-refractivity contribution is 6.10. The predicted octanol–water partition coefficient (Wildman–Crippen LogP) is 1.64. The number of aromatic amines is 1. The third-order valence-corrected chi connectivity index (χ3v) is 6.77. The van der Waals surface area contributed by atoms with Crippen LogP contribution in [0.1, 0.15) is 40.4 Å². The third-order valence-electron chi connectivity index (χ3n) is 6.77. The van der Waals surface area contributed by atoms with Gasteiger partial charge in [0.1, 0.15) is 17.2 Å². The summed E-state index contributed by atoms with van der Waals surface area (Å²) in [6.45, 7) is 2.04. The molecule has 4 heterocycles. The summed E-state index contributed by atoms with van der Waals surface area (Å²) in [5.41, 5.74) is 0.903. The van der Waals surface area contributed by atoms with Crippen molar-refractivity contribution in [1.29, 1.82) is 0 Å². The van der Waals surface area contributed by atoms with E-state index in [0.717, 1.165) is 11.1 Å². The zero-order valence-electron chi connectivity index (χ0n) is 15.6. The lowest BCUT2D eigenvalue weighted by molar-refractivity contribution is -0.121. The first-order valence-corrected chi connectivity index (χ1v) is 9.60. The van der Waals surface area contributed by atoms with Crippen LogP contribution in [0.25, 0.3) is 0 Å². The van der Waals surface area contributed by atoms with Crippen molar-refractivity contribution in [3.05, 3.63) is 71.4 Å². The van der Waals surface area contributed by atoms with Gasteiger partial charge in [0, 0.05) is 29.9 Å². The molecular formula is C21H18N6O2. The maximum atomic E-state index is 13.0. The highest BCUT2D eigenvalue weighted by Crippen LogP contribution is 2.90. The smallest absolute Gasteiger partial charge is 0.291 e. The number of benzene rings is 1. The molecule has 144 valence electrons. The number of aromatic nitrogens is 4. The van der Waals surface area contributed by atoms with Crippen LogP contribution < -0.4 is 10.6 Å². The zero-order valence-corrected chi connectivity index (χ0v) is 15.6. The molecule has 3 aromatic rings. The molecule has 2 saturated carbocycles. The van der Waals surface area contributed by atoms with E-state index in [1.54, 1.807) is 6.20 Å². The van der Waals surface area contributed by atoms with Crippen LogP contribution in [-0.4, -0.2) is 37.5 Å².